The average Bonchev–Trinajstić information content (AvgIpc) is 2.77. The summed E-state index contributed by atoms with van der Waals surface area (Å²) in [5.74, 6) is -2.97. The summed E-state index contributed by atoms with van der Waals surface area (Å²) in [6.45, 7) is 1.92. The van der Waals surface area contributed by atoms with Gasteiger partial charge >= 0.3 is 5.97 Å². The summed E-state index contributed by atoms with van der Waals surface area (Å²) in [6.07, 6.45) is 0. The second-order valence-electron chi connectivity index (χ2n) is 5.46. The van der Waals surface area contributed by atoms with Gasteiger partial charge in [0, 0.05) is 5.56 Å². The summed E-state index contributed by atoms with van der Waals surface area (Å²) in [7, 11) is 1.09. The number of esters is 1. The molecule has 0 bridgehead atoms. The lowest BCUT2D eigenvalue weighted by atomic mass is 9.83. The first-order chi connectivity index (χ1) is 10.5. The van der Waals surface area contributed by atoms with Crippen LogP contribution in [0.3, 0.4) is 0 Å². The van der Waals surface area contributed by atoms with Crippen molar-refractivity contribution in [1.82, 2.24) is 0 Å². The van der Waals surface area contributed by atoms with E-state index in [0.29, 0.717) is 11.1 Å². The molecule has 2 aromatic carbocycles. The van der Waals surface area contributed by atoms with E-state index in [1.807, 2.05) is 19.1 Å². The standard InChI is InChI=1S/C18H15FO3/c1-11-7-9-12(10-8-11)15-13-5-3-4-6-14(13)16(20)18(15,19)17(21)22-2/h3-10,15H,1-2H3/t15-,18+/m1/s1. The van der Waals surface area contributed by atoms with Gasteiger partial charge in [-0.1, -0.05) is 54.1 Å². The minimum Gasteiger partial charge on any atom is -0.466 e. The molecule has 3 rings (SSSR count). The molecule has 22 heavy (non-hydrogen) atoms. The van der Waals surface area contributed by atoms with Crippen LogP contribution >= 0.6 is 0 Å². The number of aryl methyl sites for hydroxylation is 1. The minimum atomic E-state index is -2.71. The second-order valence-corrected chi connectivity index (χ2v) is 5.46. The van der Waals surface area contributed by atoms with Crippen LogP contribution in [0, 0.1) is 6.92 Å². The zero-order valence-corrected chi connectivity index (χ0v) is 12.3. The molecule has 0 unspecified atom stereocenters. The van der Waals surface area contributed by atoms with Gasteiger partial charge in [-0.2, -0.15) is 0 Å². The van der Waals surface area contributed by atoms with Crippen molar-refractivity contribution in [3.05, 3.63) is 70.8 Å². The Hall–Kier alpha value is -2.49. The van der Waals surface area contributed by atoms with Crippen LogP contribution in [0.4, 0.5) is 4.39 Å². The summed E-state index contributed by atoms with van der Waals surface area (Å²) in [5, 5.41) is 0. The fourth-order valence-corrected chi connectivity index (χ4v) is 3.02. The van der Waals surface area contributed by atoms with E-state index < -0.39 is 23.3 Å². The topological polar surface area (TPSA) is 43.4 Å². The Balaban J connectivity index is 2.24. The Bertz CT molecular complexity index is 751. The lowest BCUT2D eigenvalue weighted by molar-refractivity contribution is -0.151. The number of ketones is 1. The Morgan fingerprint density at radius 3 is 2.41 bits per heavy atom. The number of carbonyl (C=O) groups excluding carboxylic acids is 2. The fourth-order valence-electron chi connectivity index (χ4n) is 3.02. The highest BCUT2D eigenvalue weighted by molar-refractivity contribution is 6.20. The maximum Gasteiger partial charge on any atom is 0.352 e. The highest BCUT2D eigenvalue weighted by Crippen LogP contribution is 2.48. The molecule has 0 aromatic heterocycles. The molecule has 2 aromatic rings. The van der Waals surface area contributed by atoms with Crippen molar-refractivity contribution in [2.45, 2.75) is 18.5 Å². The van der Waals surface area contributed by atoms with E-state index in [9.17, 15) is 9.59 Å². The predicted molar refractivity (Wildman–Crippen MR) is 79.6 cm³/mol. The molecule has 0 saturated heterocycles. The highest BCUT2D eigenvalue weighted by Gasteiger charge is 2.61. The Labute approximate surface area is 127 Å². The quantitative estimate of drug-likeness (QED) is 0.631. The Kier molecular flexibility index (Phi) is 3.32. The van der Waals surface area contributed by atoms with E-state index in [2.05, 4.69) is 4.74 Å². The van der Waals surface area contributed by atoms with Crippen LogP contribution in [0.1, 0.15) is 33.0 Å². The van der Waals surface area contributed by atoms with Crippen LogP contribution in [0.5, 0.6) is 0 Å². The van der Waals surface area contributed by atoms with Crippen LogP contribution in [0.15, 0.2) is 48.5 Å². The smallest absolute Gasteiger partial charge is 0.352 e. The van der Waals surface area contributed by atoms with Crippen molar-refractivity contribution in [1.29, 1.82) is 0 Å². The molecule has 112 valence electrons. The maximum absolute atomic E-state index is 15.5. The number of rotatable bonds is 2. The molecular formula is C18H15FO3. The lowest BCUT2D eigenvalue weighted by Crippen LogP contribution is -2.44. The lowest BCUT2D eigenvalue weighted by Gasteiger charge is -2.24. The highest BCUT2D eigenvalue weighted by atomic mass is 19.1. The third-order valence-corrected chi connectivity index (χ3v) is 4.14. The number of hydrogen-bond donors (Lipinski definition) is 0. The molecule has 0 fully saturated rings. The van der Waals surface area contributed by atoms with Gasteiger partial charge in [-0.3, -0.25) is 4.79 Å². The minimum absolute atomic E-state index is 0.237. The Morgan fingerprint density at radius 2 is 1.77 bits per heavy atom. The van der Waals surface area contributed by atoms with Crippen molar-refractivity contribution in [2.75, 3.05) is 7.11 Å². The number of fused-ring (bicyclic) bond motifs is 1. The predicted octanol–water partition coefficient (Wildman–Crippen LogP) is 3.20. The van der Waals surface area contributed by atoms with Crippen molar-refractivity contribution in [3.63, 3.8) is 0 Å². The molecule has 1 aliphatic rings. The molecule has 0 saturated carbocycles. The first-order valence-corrected chi connectivity index (χ1v) is 6.97. The average molecular weight is 298 g/mol. The second kappa shape index (κ2) is 5.05. The van der Waals surface area contributed by atoms with E-state index in [1.54, 1.807) is 36.4 Å². The molecule has 0 aliphatic heterocycles. The van der Waals surface area contributed by atoms with E-state index in [1.165, 1.54) is 0 Å². The number of ether oxygens (including phenoxy) is 1. The number of carbonyl (C=O) groups is 2. The van der Waals surface area contributed by atoms with Crippen molar-refractivity contribution in [2.24, 2.45) is 0 Å². The summed E-state index contributed by atoms with van der Waals surface area (Å²) in [6, 6.07) is 13.8. The molecule has 3 nitrogen and oxygen atoms in total. The van der Waals surface area contributed by atoms with Crippen molar-refractivity contribution < 1.29 is 18.7 Å². The van der Waals surface area contributed by atoms with Gasteiger partial charge in [0.2, 0.25) is 5.78 Å². The number of Topliss-reactive ketones (excluding diaryl/α,β-unsaturated/α-hetero) is 1. The number of benzene rings is 2. The SMILES string of the molecule is COC(=O)[C@@]1(F)C(=O)c2ccccc2[C@H]1c1ccc(C)cc1. The van der Waals surface area contributed by atoms with Crippen molar-refractivity contribution >= 4 is 11.8 Å². The number of alkyl halides is 1. The van der Waals surface area contributed by atoms with Gasteiger partial charge < -0.3 is 4.74 Å². The molecule has 4 heteroatoms. The zero-order valence-electron chi connectivity index (χ0n) is 12.3. The number of hydrogen-bond acceptors (Lipinski definition) is 3. The molecule has 0 heterocycles. The molecule has 0 N–H and O–H groups in total. The van der Waals surface area contributed by atoms with Crippen LogP contribution in [0.2, 0.25) is 0 Å². The van der Waals surface area contributed by atoms with Gasteiger partial charge in [-0.05, 0) is 18.1 Å². The third-order valence-electron chi connectivity index (χ3n) is 4.14. The summed E-state index contributed by atoms with van der Waals surface area (Å²) in [4.78, 5) is 24.5. The number of methoxy groups -OCH3 is 1. The number of halogens is 1. The molecule has 1 aliphatic carbocycles. The summed E-state index contributed by atoms with van der Waals surface area (Å²) in [5.41, 5.74) is -0.362. The van der Waals surface area contributed by atoms with E-state index >= 15 is 4.39 Å². The summed E-state index contributed by atoms with van der Waals surface area (Å²) < 4.78 is 20.1. The van der Waals surface area contributed by atoms with Gasteiger partial charge in [0.1, 0.15) is 0 Å². The largest absolute Gasteiger partial charge is 0.466 e. The van der Waals surface area contributed by atoms with Gasteiger partial charge in [-0.15, -0.1) is 0 Å². The molecule has 0 spiro atoms. The van der Waals surface area contributed by atoms with Crippen LogP contribution < -0.4 is 0 Å². The maximum atomic E-state index is 15.5. The molecule has 2 atom stereocenters. The first kappa shape index (κ1) is 14.4. The van der Waals surface area contributed by atoms with Crippen LogP contribution in [-0.2, 0) is 9.53 Å². The monoisotopic (exact) mass is 298 g/mol. The van der Waals surface area contributed by atoms with Gasteiger partial charge in [0.05, 0.1) is 13.0 Å². The Morgan fingerprint density at radius 1 is 1.14 bits per heavy atom. The van der Waals surface area contributed by atoms with Gasteiger partial charge in [0.25, 0.3) is 5.67 Å². The molecule has 0 radical (unpaired) electrons. The third kappa shape index (κ3) is 1.87. The van der Waals surface area contributed by atoms with Crippen LogP contribution in [0.25, 0.3) is 0 Å². The van der Waals surface area contributed by atoms with E-state index in [-0.39, 0.29) is 5.56 Å². The molecular weight excluding hydrogens is 283 g/mol. The van der Waals surface area contributed by atoms with Crippen molar-refractivity contribution in [3.8, 4) is 0 Å². The normalized spacial score (nSPS) is 23.2. The van der Waals surface area contributed by atoms with Crippen LogP contribution in [-0.4, -0.2) is 24.5 Å². The first-order valence-electron chi connectivity index (χ1n) is 6.97. The molecule has 0 amide bonds. The zero-order chi connectivity index (χ0) is 15.9. The van der Waals surface area contributed by atoms with E-state index in [4.69, 9.17) is 0 Å². The van der Waals surface area contributed by atoms with Gasteiger partial charge in [0.15, 0.2) is 0 Å². The van der Waals surface area contributed by atoms with Gasteiger partial charge in [-0.25, -0.2) is 9.18 Å². The van der Waals surface area contributed by atoms with E-state index in [0.717, 1.165) is 12.7 Å². The summed E-state index contributed by atoms with van der Waals surface area (Å²) >= 11 is 0. The fraction of sp³-hybridized carbons (Fsp3) is 0.222.